The molecule has 102 valence electrons. The lowest BCUT2D eigenvalue weighted by Gasteiger charge is -2.17. The summed E-state index contributed by atoms with van der Waals surface area (Å²) in [4.78, 5) is 0. The van der Waals surface area contributed by atoms with Crippen LogP contribution in [0.5, 0.6) is 0 Å². The third-order valence-electron chi connectivity index (χ3n) is 2.92. The molecule has 2 aromatic rings. The Morgan fingerprint density at radius 2 is 1.95 bits per heavy atom. The number of rotatable bonds is 3. The molecular weight excluding hydrogens is 326 g/mol. The van der Waals surface area contributed by atoms with Gasteiger partial charge < -0.3 is 5.32 Å². The third-order valence-corrected chi connectivity index (χ3v) is 3.42. The molecule has 0 saturated heterocycles. The number of benzene rings is 2. The first-order valence-electron chi connectivity index (χ1n) is 5.93. The molecule has 1 unspecified atom stereocenters. The molecule has 0 heterocycles. The Morgan fingerprint density at radius 1 is 1.20 bits per heavy atom. The zero-order valence-corrected chi connectivity index (χ0v) is 12.2. The van der Waals surface area contributed by atoms with Crippen LogP contribution < -0.4 is 5.32 Å². The van der Waals surface area contributed by atoms with Gasteiger partial charge in [-0.2, -0.15) is 5.26 Å². The van der Waals surface area contributed by atoms with Crippen LogP contribution in [0.25, 0.3) is 0 Å². The molecule has 0 saturated carbocycles. The molecule has 0 aromatic heterocycles. The van der Waals surface area contributed by atoms with Crippen LogP contribution in [-0.4, -0.2) is 0 Å². The Balaban J connectivity index is 2.27. The van der Waals surface area contributed by atoms with E-state index in [1.54, 1.807) is 6.07 Å². The molecule has 2 nitrogen and oxygen atoms in total. The van der Waals surface area contributed by atoms with Gasteiger partial charge in [-0.25, -0.2) is 8.78 Å². The van der Waals surface area contributed by atoms with Crippen molar-refractivity contribution in [2.24, 2.45) is 0 Å². The lowest BCUT2D eigenvalue weighted by atomic mass is 10.1. The van der Waals surface area contributed by atoms with Crippen molar-refractivity contribution < 1.29 is 8.78 Å². The molecule has 5 heteroatoms. The minimum atomic E-state index is -1.13. The molecule has 0 aliphatic rings. The smallest absolute Gasteiger partial charge is 0.183 e. The summed E-state index contributed by atoms with van der Waals surface area (Å²) >= 11 is 3.36. The standard InChI is InChI=1S/C15H11BrF2N2/c1-9(10-3-2-4-12(16)7-10)20-13-6-5-11(8-19)14(17)15(13)18/h2-7,9,20H,1H3. The summed E-state index contributed by atoms with van der Waals surface area (Å²) < 4.78 is 28.3. The minimum absolute atomic E-state index is 0.0361. The molecule has 2 aromatic carbocycles. The Labute approximate surface area is 124 Å². The van der Waals surface area contributed by atoms with Crippen molar-refractivity contribution in [2.45, 2.75) is 13.0 Å². The van der Waals surface area contributed by atoms with Gasteiger partial charge in [0.2, 0.25) is 0 Å². The van der Waals surface area contributed by atoms with Crippen molar-refractivity contribution in [1.29, 1.82) is 5.26 Å². The van der Waals surface area contributed by atoms with Gasteiger partial charge >= 0.3 is 0 Å². The Kier molecular flexibility index (Phi) is 4.35. The predicted molar refractivity (Wildman–Crippen MR) is 77.3 cm³/mol. The second-order valence-electron chi connectivity index (χ2n) is 4.32. The van der Waals surface area contributed by atoms with Crippen molar-refractivity contribution in [1.82, 2.24) is 0 Å². The van der Waals surface area contributed by atoms with E-state index < -0.39 is 11.6 Å². The zero-order chi connectivity index (χ0) is 14.7. The number of halogens is 3. The monoisotopic (exact) mass is 336 g/mol. The maximum absolute atomic E-state index is 13.8. The van der Waals surface area contributed by atoms with E-state index in [-0.39, 0.29) is 17.3 Å². The van der Waals surface area contributed by atoms with E-state index in [1.807, 2.05) is 31.2 Å². The highest BCUT2D eigenvalue weighted by Gasteiger charge is 2.15. The molecule has 1 N–H and O–H groups in total. The highest BCUT2D eigenvalue weighted by atomic mass is 79.9. The summed E-state index contributed by atoms with van der Waals surface area (Å²) in [7, 11) is 0. The molecule has 0 aliphatic heterocycles. The van der Waals surface area contributed by atoms with Crippen molar-refractivity contribution in [3.8, 4) is 6.07 Å². The molecule has 2 rings (SSSR count). The van der Waals surface area contributed by atoms with Crippen molar-refractivity contribution >= 4 is 21.6 Å². The third kappa shape index (κ3) is 2.97. The number of hydrogen-bond donors (Lipinski definition) is 1. The highest BCUT2D eigenvalue weighted by molar-refractivity contribution is 9.10. The van der Waals surface area contributed by atoms with Gasteiger partial charge in [-0.15, -0.1) is 0 Å². The van der Waals surface area contributed by atoms with Gasteiger partial charge in [0.1, 0.15) is 6.07 Å². The first-order chi connectivity index (χ1) is 9.52. The molecule has 20 heavy (non-hydrogen) atoms. The highest BCUT2D eigenvalue weighted by Crippen LogP contribution is 2.26. The van der Waals surface area contributed by atoms with Crippen LogP contribution in [0.3, 0.4) is 0 Å². The number of anilines is 1. The van der Waals surface area contributed by atoms with Gasteiger partial charge in [-0.05, 0) is 36.8 Å². The van der Waals surface area contributed by atoms with Crippen molar-refractivity contribution in [3.63, 3.8) is 0 Å². The van der Waals surface area contributed by atoms with Crippen LogP contribution in [0.2, 0.25) is 0 Å². The number of nitrogens with zero attached hydrogens (tertiary/aromatic N) is 1. The Hall–Kier alpha value is -1.93. The largest absolute Gasteiger partial charge is 0.376 e. The van der Waals surface area contributed by atoms with Gasteiger partial charge in [-0.1, -0.05) is 28.1 Å². The van der Waals surface area contributed by atoms with E-state index >= 15 is 0 Å². The SMILES string of the molecule is CC(Nc1ccc(C#N)c(F)c1F)c1cccc(Br)c1. The molecule has 1 atom stereocenters. The average Bonchev–Trinajstić information content (AvgIpc) is 2.44. The van der Waals surface area contributed by atoms with Gasteiger partial charge in [0.15, 0.2) is 11.6 Å². The van der Waals surface area contributed by atoms with Crippen LogP contribution in [0.4, 0.5) is 14.5 Å². The van der Waals surface area contributed by atoms with Gasteiger partial charge in [-0.3, -0.25) is 0 Å². The number of nitriles is 1. The maximum Gasteiger partial charge on any atom is 0.183 e. The predicted octanol–water partition coefficient (Wildman–Crippen LogP) is 4.77. The van der Waals surface area contributed by atoms with E-state index in [4.69, 9.17) is 5.26 Å². The van der Waals surface area contributed by atoms with Crippen LogP contribution in [-0.2, 0) is 0 Å². The van der Waals surface area contributed by atoms with Gasteiger partial charge in [0, 0.05) is 10.5 Å². The lowest BCUT2D eigenvalue weighted by molar-refractivity contribution is 0.507. The number of hydrogen-bond acceptors (Lipinski definition) is 2. The van der Waals surface area contributed by atoms with E-state index in [0.29, 0.717) is 0 Å². The Morgan fingerprint density at radius 3 is 2.60 bits per heavy atom. The van der Waals surface area contributed by atoms with Crippen LogP contribution in [0.1, 0.15) is 24.1 Å². The molecular formula is C15H11BrF2N2. The summed E-state index contributed by atoms with van der Waals surface area (Å²) in [6, 6.07) is 11.6. The van der Waals surface area contributed by atoms with E-state index in [2.05, 4.69) is 21.2 Å². The van der Waals surface area contributed by atoms with E-state index in [0.717, 1.165) is 10.0 Å². The quantitative estimate of drug-likeness (QED) is 0.876. The minimum Gasteiger partial charge on any atom is -0.376 e. The summed E-state index contributed by atoms with van der Waals surface area (Å²) in [5.41, 5.74) is 0.667. The van der Waals surface area contributed by atoms with E-state index in [1.165, 1.54) is 12.1 Å². The summed E-state index contributed by atoms with van der Waals surface area (Å²) in [6.45, 7) is 1.84. The molecule has 0 amide bonds. The van der Waals surface area contributed by atoms with Crippen molar-refractivity contribution in [2.75, 3.05) is 5.32 Å². The summed E-state index contributed by atoms with van der Waals surface area (Å²) in [6.07, 6.45) is 0. The second kappa shape index (κ2) is 6.02. The van der Waals surface area contributed by atoms with E-state index in [9.17, 15) is 8.78 Å². The van der Waals surface area contributed by atoms with Crippen LogP contribution >= 0.6 is 15.9 Å². The normalized spacial score (nSPS) is 11.8. The topological polar surface area (TPSA) is 35.8 Å². The second-order valence-corrected chi connectivity index (χ2v) is 5.24. The first kappa shape index (κ1) is 14.5. The van der Waals surface area contributed by atoms with Crippen LogP contribution in [0.15, 0.2) is 40.9 Å². The lowest BCUT2D eigenvalue weighted by Crippen LogP contribution is -2.09. The fraction of sp³-hybridized carbons (Fsp3) is 0.133. The van der Waals surface area contributed by atoms with Crippen molar-refractivity contribution in [3.05, 3.63) is 63.6 Å². The fourth-order valence-electron chi connectivity index (χ4n) is 1.84. The maximum atomic E-state index is 13.8. The molecule has 0 spiro atoms. The average molecular weight is 337 g/mol. The molecule has 0 radical (unpaired) electrons. The van der Waals surface area contributed by atoms with Gasteiger partial charge in [0.05, 0.1) is 11.3 Å². The first-order valence-corrected chi connectivity index (χ1v) is 6.72. The molecule has 0 fully saturated rings. The summed E-state index contributed by atoms with van der Waals surface area (Å²) in [5.74, 6) is -2.16. The Bertz CT molecular complexity index is 680. The zero-order valence-electron chi connectivity index (χ0n) is 10.6. The van der Waals surface area contributed by atoms with Crippen LogP contribution in [0, 0.1) is 23.0 Å². The number of nitrogens with one attached hydrogen (secondary N) is 1. The fourth-order valence-corrected chi connectivity index (χ4v) is 2.26. The van der Waals surface area contributed by atoms with Gasteiger partial charge in [0.25, 0.3) is 0 Å². The molecule has 0 bridgehead atoms. The summed E-state index contributed by atoms with van der Waals surface area (Å²) in [5, 5.41) is 11.5. The molecule has 0 aliphatic carbocycles.